The number of hydrogen-bond acceptors (Lipinski definition) is 4. The van der Waals surface area contributed by atoms with E-state index in [0.29, 0.717) is 0 Å². The molecule has 0 aliphatic heterocycles. The summed E-state index contributed by atoms with van der Waals surface area (Å²) in [4.78, 5) is 9.09. The quantitative estimate of drug-likeness (QED) is 0.472. The third kappa shape index (κ3) is 3.60. The highest BCUT2D eigenvalue weighted by atomic mass is 79.9. The molecule has 7 heteroatoms. The summed E-state index contributed by atoms with van der Waals surface area (Å²) in [5.74, 6) is 0.821. The van der Waals surface area contributed by atoms with E-state index in [1.165, 1.54) is 6.33 Å². The normalized spacial score (nSPS) is 12.7. The third-order valence-electron chi connectivity index (χ3n) is 4.90. The van der Waals surface area contributed by atoms with Gasteiger partial charge in [-0.1, -0.05) is 22.0 Å². The third-order valence-corrected chi connectivity index (χ3v) is 5.39. The molecule has 0 spiro atoms. The van der Waals surface area contributed by atoms with Crippen LogP contribution >= 0.6 is 15.9 Å². The van der Waals surface area contributed by atoms with Crippen LogP contribution in [0.2, 0.25) is 0 Å². The van der Waals surface area contributed by atoms with Crippen LogP contribution in [0.3, 0.4) is 0 Å². The fraction of sp³-hybridized carbons (Fsp3) is 0.318. The predicted octanol–water partition coefficient (Wildman–Crippen LogP) is 5.03. The average Bonchev–Trinajstić information content (AvgIpc) is 3.27. The molecule has 6 nitrogen and oxygen atoms in total. The molecule has 2 aromatic carbocycles. The van der Waals surface area contributed by atoms with Crippen molar-refractivity contribution in [2.75, 3.05) is 0 Å². The topological polar surface area (TPSA) is 68.8 Å². The molecule has 1 N–H and O–H groups in total. The van der Waals surface area contributed by atoms with Gasteiger partial charge >= 0.3 is 0 Å². The van der Waals surface area contributed by atoms with Gasteiger partial charge in [0.25, 0.3) is 0 Å². The Bertz CT molecular complexity index is 1180. The SMILES string of the molecule is CC(C)(O)c1ccc(-n2cncn2)c(-c2nc3cc(Br)ccc3n2C(C)(C)C)c1. The smallest absolute Gasteiger partial charge is 0.143 e. The van der Waals surface area contributed by atoms with E-state index in [1.807, 2.05) is 30.3 Å². The Morgan fingerprint density at radius 2 is 1.76 bits per heavy atom. The molecule has 0 aliphatic carbocycles. The van der Waals surface area contributed by atoms with E-state index in [-0.39, 0.29) is 5.54 Å². The summed E-state index contributed by atoms with van der Waals surface area (Å²) in [6.07, 6.45) is 3.18. The molecular formula is C22H24BrN5O. The molecule has 2 heterocycles. The number of nitrogens with zero attached hydrogens (tertiary/aromatic N) is 5. The highest BCUT2D eigenvalue weighted by molar-refractivity contribution is 9.10. The first-order valence-electron chi connectivity index (χ1n) is 9.46. The molecule has 0 radical (unpaired) electrons. The van der Waals surface area contributed by atoms with E-state index in [0.717, 1.165) is 38.1 Å². The Morgan fingerprint density at radius 3 is 2.38 bits per heavy atom. The van der Waals surface area contributed by atoms with Gasteiger partial charge in [0.15, 0.2) is 0 Å². The number of halogens is 1. The van der Waals surface area contributed by atoms with Gasteiger partial charge < -0.3 is 9.67 Å². The van der Waals surface area contributed by atoms with Crippen LogP contribution in [-0.4, -0.2) is 29.4 Å². The molecule has 0 amide bonds. The Labute approximate surface area is 178 Å². The fourth-order valence-corrected chi connectivity index (χ4v) is 3.89. The van der Waals surface area contributed by atoms with Gasteiger partial charge in [-0.2, -0.15) is 5.10 Å². The first-order valence-corrected chi connectivity index (χ1v) is 10.3. The van der Waals surface area contributed by atoms with Gasteiger partial charge in [0, 0.05) is 15.6 Å². The summed E-state index contributed by atoms with van der Waals surface area (Å²) in [6.45, 7) is 10.0. The van der Waals surface area contributed by atoms with Crippen molar-refractivity contribution in [3.63, 3.8) is 0 Å². The van der Waals surface area contributed by atoms with E-state index in [1.54, 1.807) is 24.9 Å². The Kier molecular flexibility index (Phi) is 4.63. The van der Waals surface area contributed by atoms with Gasteiger partial charge in [0.2, 0.25) is 0 Å². The number of rotatable bonds is 3. The molecule has 0 fully saturated rings. The van der Waals surface area contributed by atoms with E-state index in [4.69, 9.17) is 4.98 Å². The van der Waals surface area contributed by atoms with E-state index in [2.05, 4.69) is 57.4 Å². The summed E-state index contributed by atoms with van der Waals surface area (Å²) < 4.78 is 4.95. The summed E-state index contributed by atoms with van der Waals surface area (Å²) in [5.41, 5.74) is 3.33. The number of aromatic nitrogens is 5. The molecule has 4 rings (SSSR count). The number of hydrogen-bond donors (Lipinski definition) is 1. The lowest BCUT2D eigenvalue weighted by Gasteiger charge is -2.26. The lowest BCUT2D eigenvalue weighted by molar-refractivity contribution is 0.0786. The van der Waals surface area contributed by atoms with E-state index >= 15 is 0 Å². The molecule has 4 aromatic rings. The van der Waals surface area contributed by atoms with Gasteiger partial charge in [-0.25, -0.2) is 14.6 Å². The number of fused-ring (bicyclic) bond motifs is 1. The van der Waals surface area contributed by atoms with Crippen molar-refractivity contribution in [3.05, 3.63) is 59.1 Å². The first-order chi connectivity index (χ1) is 13.6. The standard InChI is InChI=1S/C22H24BrN5O/c1-21(2,3)28-19-9-7-15(23)11-17(19)26-20(28)16-10-14(22(4,5)29)6-8-18(16)27-13-24-12-25-27/h6-13,29H,1-5H3. The molecule has 2 aromatic heterocycles. The van der Waals surface area contributed by atoms with Crippen molar-refractivity contribution < 1.29 is 5.11 Å². The minimum atomic E-state index is -0.975. The summed E-state index contributed by atoms with van der Waals surface area (Å²) >= 11 is 3.55. The highest BCUT2D eigenvalue weighted by Gasteiger charge is 2.26. The lowest BCUT2D eigenvalue weighted by atomic mass is 9.95. The summed E-state index contributed by atoms with van der Waals surface area (Å²) in [6, 6.07) is 12.0. The van der Waals surface area contributed by atoms with Crippen LogP contribution in [0.15, 0.2) is 53.5 Å². The van der Waals surface area contributed by atoms with E-state index < -0.39 is 5.60 Å². The van der Waals surface area contributed by atoms with Crippen molar-refractivity contribution in [2.24, 2.45) is 0 Å². The van der Waals surface area contributed by atoms with E-state index in [9.17, 15) is 5.11 Å². The van der Waals surface area contributed by atoms with Crippen LogP contribution in [-0.2, 0) is 11.1 Å². The Morgan fingerprint density at radius 1 is 1.00 bits per heavy atom. The lowest BCUT2D eigenvalue weighted by Crippen LogP contribution is -2.23. The molecule has 0 bridgehead atoms. The van der Waals surface area contributed by atoms with Crippen LogP contribution in [0.25, 0.3) is 28.1 Å². The maximum Gasteiger partial charge on any atom is 0.143 e. The molecule has 29 heavy (non-hydrogen) atoms. The first kappa shape index (κ1) is 19.8. The fourth-order valence-electron chi connectivity index (χ4n) is 3.54. The number of aliphatic hydroxyl groups is 1. The monoisotopic (exact) mass is 453 g/mol. The molecule has 0 aliphatic rings. The second-order valence-corrected chi connectivity index (χ2v) is 9.62. The van der Waals surface area contributed by atoms with Crippen molar-refractivity contribution >= 4 is 27.0 Å². The Balaban J connectivity index is 2.09. The maximum absolute atomic E-state index is 10.6. The van der Waals surface area contributed by atoms with Crippen LogP contribution in [0.4, 0.5) is 0 Å². The van der Waals surface area contributed by atoms with Gasteiger partial charge in [-0.15, -0.1) is 0 Å². The van der Waals surface area contributed by atoms with Gasteiger partial charge in [0.05, 0.1) is 22.3 Å². The van der Waals surface area contributed by atoms with Crippen LogP contribution in [0.1, 0.15) is 40.2 Å². The molecule has 150 valence electrons. The van der Waals surface area contributed by atoms with Gasteiger partial charge in [-0.05, 0) is 70.5 Å². The Hall–Kier alpha value is -2.51. The van der Waals surface area contributed by atoms with Crippen molar-refractivity contribution in [3.8, 4) is 17.1 Å². The maximum atomic E-state index is 10.6. The molecule has 0 saturated heterocycles. The minimum Gasteiger partial charge on any atom is -0.386 e. The largest absolute Gasteiger partial charge is 0.386 e. The van der Waals surface area contributed by atoms with Crippen molar-refractivity contribution in [2.45, 2.75) is 45.8 Å². The zero-order chi connectivity index (χ0) is 21.0. The second-order valence-electron chi connectivity index (χ2n) is 8.71. The molecule has 0 saturated carbocycles. The van der Waals surface area contributed by atoms with Crippen molar-refractivity contribution in [1.82, 2.24) is 24.3 Å². The predicted molar refractivity (Wildman–Crippen MR) is 118 cm³/mol. The van der Waals surface area contributed by atoms with Crippen LogP contribution in [0.5, 0.6) is 0 Å². The summed E-state index contributed by atoms with van der Waals surface area (Å²) in [5, 5.41) is 14.9. The van der Waals surface area contributed by atoms with Gasteiger partial charge in [0.1, 0.15) is 18.5 Å². The zero-order valence-corrected chi connectivity index (χ0v) is 18.8. The number of benzene rings is 2. The molecule has 0 unspecified atom stereocenters. The van der Waals surface area contributed by atoms with Crippen LogP contribution in [0, 0.1) is 0 Å². The molecule has 0 atom stereocenters. The minimum absolute atomic E-state index is 0.206. The zero-order valence-electron chi connectivity index (χ0n) is 17.2. The summed E-state index contributed by atoms with van der Waals surface area (Å²) in [7, 11) is 0. The average molecular weight is 454 g/mol. The molecular weight excluding hydrogens is 430 g/mol. The van der Waals surface area contributed by atoms with Crippen LogP contribution < -0.4 is 0 Å². The van der Waals surface area contributed by atoms with Crippen molar-refractivity contribution in [1.29, 1.82) is 0 Å². The highest BCUT2D eigenvalue weighted by Crippen LogP contribution is 2.36. The number of imidazole rings is 1. The van der Waals surface area contributed by atoms with Gasteiger partial charge in [-0.3, -0.25) is 0 Å². The second kappa shape index (κ2) is 6.78.